The van der Waals surface area contributed by atoms with Crippen LogP contribution in [0.1, 0.15) is 5.82 Å². The lowest BCUT2D eigenvalue weighted by atomic mass is 10.6. The molecule has 11 heteroatoms. The monoisotopic (exact) mass is 267 g/mol. The Morgan fingerprint density at radius 3 is 2.00 bits per heavy atom. The topological polar surface area (TPSA) is 47.9 Å². The lowest BCUT2D eigenvalue weighted by molar-refractivity contribution is -0.148. The molecular formula is C5ClF6N3O. The maximum atomic E-state index is 12.4. The average molecular weight is 268 g/mol. The van der Waals surface area contributed by atoms with Gasteiger partial charge in [-0.15, -0.1) is 13.8 Å². The third-order valence-electron chi connectivity index (χ3n) is 1.05. The predicted molar refractivity (Wildman–Crippen MR) is 36.2 cm³/mol. The highest BCUT2D eigenvalue weighted by molar-refractivity contribution is 6.20. The van der Waals surface area contributed by atoms with E-state index in [2.05, 4.69) is 31.3 Å². The Bertz CT molecular complexity index is 391. The van der Waals surface area contributed by atoms with Gasteiger partial charge in [-0.3, -0.25) is 0 Å². The van der Waals surface area contributed by atoms with Gasteiger partial charge in [0.2, 0.25) is 5.82 Å². The van der Waals surface area contributed by atoms with Gasteiger partial charge < -0.3 is 4.74 Å². The smallest absolute Gasteiger partial charge is 0.385 e. The van der Waals surface area contributed by atoms with Crippen LogP contribution in [0.3, 0.4) is 0 Å². The van der Waals surface area contributed by atoms with Crippen LogP contribution >= 0.6 is 11.6 Å². The summed E-state index contributed by atoms with van der Waals surface area (Å²) in [4.78, 5) is 7.13. The molecule has 0 saturated heterocycles. The number of ether oxygens (including phenoxy) is 1. The van der Waals surface area contributed by atoms with Crippen molar-refractivity contribution in [1.82, 2.24) is 15.0 Å². The highest BCUT2D eigenvalue weighted by Gasteiger charge is 2.37. The fourth-order valence-electron chi connectivity index (χ4n) is 0.608. The van der Waals surface area contributed by atoms with Crippen LogP contribution in [0.25, 0.3) is 0 Å². The standard InChI is InChI=1S/C5ClF6N3O/c6-5(11,12)16-3-14-1(4(8,9)10)13-2(7)15-3. The lowest BCUT2D eigenvalue weighted by Gasteiger charge is -2.09. The van der Waals surface area contributed by atoms with E-state index in [-0.39, 0.29) is 0 Å². The number of nitrogens with zero attached hydrogens (tertiary/aromatic N) is 3. The third-order valence-corrected chi connectivity index (χ3v) is 1.13. The van der Waals surface area contributed by atoms with Gasteiger partial charge in [0.1, 0.15) is 0 Å². The highest BCUT2D eigenvalue weighted by Crippen LogP contribution is 2.28. The molecule has 0 fully saturated rings. The molecule has 0 saturated carbocycles. The van der Waals surface area contributed by atoms with E-state index >= 15 is 0 Å². The van der Waals surface area contributed by atoms with Gasteiger partial charge in [-0.25, -0.2) is 0 Å². The Morgan fingerprint density at radius 1 is 1.00 bits per heavy atom. The van der Waals surface area contributed by atoms with Gasteiger partial charge in [0.05, 0.1) is 0 Å². The van der Waals surface area contributed by atoms with Crippen molar-refractivity contribution in [3.8, 4) is 6.01 Å². The zero-order valence-corrected chi connectivity index (χ0v) is 7.65. The lowest BCUT2D eigenvalue weighted by Crippen LogP contribution is -2.21. The molecule has 4 nitrogen and oxygen atoms in total. The minimum Gasteiger partial charge on any atom is -0.385 e. The van der Waals surface area contributed by atoms with Gasteiger partial charge in [0, 0.05) is 11.6 Å². The summed E-state index contributed by atoms with van der Waals surface area (Å²) in [5, 5.41) is 0. The summed E-state index contributed by atoms with van der Waals surface area (Å²) in [5.74, 6) is -2.00. The van der Waals surface area contributed by atoms with E-state index in [0.29, 0.717) is 0 Å². The maximum Gasteiger partial charge on any atom is 0.489 e. The second kappa shape index (κ2) is 3.92. The van der Waals surface area contributed by atoms with Crippen LogP contribution in [0.15, 0.2) is 0 Å². The fourth-order valence-corrected chi connectivity index (χ4v) is 0.677. The van der Waals surface area contributed by atoms with Crippen molar-refractivity contribution in [3.05, 3.63) is 11.9 Å². The molecule has 90 valence electrons. The highest BCUT2D eigenvalue weighted by atomic mass is 35.5. The molecule has 0 atom stereocenters. The van der Waals surface area contributed by atoms with Crippen molar-refractivity contribution in [3.63, 3.8) is 0 Å². The van der Waals surface area contributed by atoms with Crippen LogP contribution in [0.4, 0.5) is 26.3 Å². The van der Waals surface area contributed by atoms with E-state index in [9.17, 15) is 26.3 Å². The summed E-state index contributed by atoms with van der Waals surface area (Å²) in [7, 11) is 0. The molecule has 1 rings (SSSR count). The predicted octanol–water partition coefficient (Wildman–Crippen LogP) is 2.20. The van der Waals surface area contributed by atoms with E-state index in [4.69, 9.17) is 0 Å². The Morgan fingerprint density at radius 2 is 1.56 bits per heavy atom. The molecule has 0 spiro atoms. The fraction of sp³-hybridized carbons (Fsp3) is 0.400. The van der Waals surface area contributed by atoms with Gasteiger partial charge in [0.25, 0.3) is 0 Å². The SMILES string of the molecule is Fc1nc(OC(F)(F)Cl)nc(C(F)(F)F)n1. The number of hydrogen-bond donors (Lipinski definition) is 0. The zero-order chi connectivity index (χ0) is 12.6. The largest absolute Gasteiger partial charge is 0.489 e. The van der Waals surface area contributed by atoms with Crippen LogP contribution in [-0.2, 0) is 6.18 Å². The molecule has 0 amide bonds. The Balaban J connectivity index is 3.09. The zero-order valence-electron chi connectivity index (χ0n) is 6.90. The minimum absolute atomic E-state index is 1.57. The molecule has 0 N–H and O–H groups in total. The molecule has 16 heavy (non-hydrogen) atoms. The van der Waals surface area contributed by atoms with Crippen molar-refractivity contribution >= 4 is 11.6 Å². The van der Waals surface area contributed by atoms with Crippen LogP contribution in [0, 0.1) is 6.08 Å². The van der Waals surface area contributed by atoms with Crippen molar-refractivity contribution in [2.45, 2.75) is 11.7 Å². The summed E-state index contributed by atoms with van der Waals surface area (Å²) in [5.41, 5.74) is -4.35. The Labute approximate surface area is 88.2 Å². The second-order valence-electron chi connectivity index (χ2n) is 2.26. The van der Waals surface area contributed by atoms with Gasteiger partial charge >= 0.3 is 23.8 Å². The van der Waals surface area contributed by atoms with E-state index in [0.717, 1.165) is 0 Å². The summed E-state index contributed by atoms with van der Waals surface area (Å²) >= 11 is 4.23. The molecule has 1 aromatic rings. The number of rotatable bonds is 2. The van der Waals surface area contributed by atoms with Crippen molar-refractivity contribution in [2.24, 2.45) is 0 Å². The van der Waals surface area contributed by atoms with Crippen LogP contribution in [0.5, 0.6) is 6.01 Å². The van der Waals surface area contributed by atoms with E-state index in [1.807, 2.05) is 0 Å². The summed E-state index contributed by atoms with van der Waals surface area (Å²) in [6.07, 6.45) is -7.04. The first kappa shape index (κ1) is 12.7. The molecule has 0 aliphatic heterocycles. The normalized spacial score (nSPS) is 12.7. The molecule has 0 radical (unpaired) electrons. The van der Waals surface area contributed by atoms with Crippen LogP contribution in [-0.4, -0.2) is 20.5 Å². The summed E-state index contributed by atoms with van der Waals surface area (Å²) < 4.78 is 75.7. The molecule has 0 unspecified atom stereocenters. The molecule has 0 aliphatic carbocycles. The number of halogens is 7. The van der Waals surface area contributed by atoms with Gasteiger partial charge in [0.15, 0.2) is 0 Å². The first-order valence-electron chi connectivity index (χ1n) is 3.32. The maximum absolute atomic E-state index is 12.4. The number of hydrogen-bond acceptors (Lipinski definition) is 4. The molecule has 1 aromatic heterocycles. The molecular weight excluding hydrogens is 268 g/mol. The van der Waals surface area contributed by atoms with E-state index in [1.54, 1.807) is 0 Å². The first-order valence-corrected chi connectivity index (χ1v) is 3.70. The van der Waals surface area contributed by atoms with Crippen molar-refractivity contribution in [1.29, 1.82) is 0 Å². The number of aromatic nitrogens is 3. The average Bonchev–Trinajstić information content (AvgIpc) is 1.97. The summed E-state index contributed by atoms with van der Waals surface area (Å²) in [6.45, 7) is 0. The molecule has 0 bridgehead atoms. The van der Waals surface area contributed by atoms with Crippen molar-refractivity contribution < 1.29 is 31.1 Å². The van der Waals surface area contributed by atoms with Gasteiger partial charge in [-0.1, -0.05) is 0 Å². The van der Waals surface area contributed by atoms with E-state index in [1.165, 1.54) is 0 Å². The summed E-state index contributed by atoms with van der Waals surface area (Å²) in [6, 6.07) is -1.57. The molecule has 0 aromatic carbocycles. The third kappa shape index (κ3) is 3.68. The van der Waals surface area contributed by atoms with Crippen LogP contribution in [0.2, 0.25) is 0 Å². The quantitative estimate of drug-likeness (QED) is 0.609. The first-order chi connectivity index (χ1) is 7.08. The van der Waals surface area contributed by atoms with Gasteiger partial charge in [-0.05, 0) is 0 Å². The Hall–Kier alpha value is -1.32. The van der Waals surface area contributed by atoms with E-state index < -0.39 is 29.7 Å². The molecule has 1 heterocycles. The van der Waals surface area contributed by atoms with Gasteiger partial charge in [-0.2, -0.15) is 27.5 Å². The Kier molecular flexibility index (Phi) is 3.13. The second-order valence-corrected chi connectivity index (χ2v) is 2.70. The minimum atomic E-state index is -5.12. The van der Waals surface area contributed by atoms with Crippen molar-refractivity contribution in [2.75, 3.05) is 0 Å². The molecule has 0 aliphatic rings. The van der Waals surface area contributed by atoms with Crippen LogP contribution < -0.4 is 4.74 Å². The number of alkyl halides is 6.